The number of amides is 1. The number of aryl methyl sites for hydroxylation is 1. The molecule has 0 bridgehead atoms. The summed E-state index contributed by atoms with van der Waals surface area (Å²) in [5.74, 6) is -1.23. The summed E-state index contributed by atoms with van der Waals surface area (Å²) >= 11 is 0. The van der Waals surface area contributed by atoms with Gasteiger partial charge < -0.3 is 14.1 Å². The minimum atomic E-state index is -0.808. The molecule has 120 valence electrons. The van der Waals surface area contributed by atoms with Crippen LogP contribution in [-0.2, 0) is 9.53 Å². The number of likely N-dealkylation sites (tertiary alicyclic amines) is 1. The third kappa shape index (κ3) is 3.26. The Morgan fingerprint density at radius 2 is 1.96 bits per heavy atom. The van der Waals surface area contributed by atoms with Gasteiger partial charge in [0.15, 0.2) is 12.0 Å². The second-order valence-corrected chi connectivity index (χ2v) is 5.64. The van der Waals surface area contributed by atoms with Crippen LogP contribution < -0.4 is 5.43 Å². The van der Waals surface area contributed by atoms with Gasteiger partial charge >= 0.3 is 5.97 Å². The van der Waals surface area contributed by atoms with Crippen molar-refractivity contribution in [3.8, 4) is 0 Å². The average Bonchev–Trinajstić information content (AvgIpc) is 3.07. The molecule has 23 heavy (non-hydrogen) atoms. The van der Waals surface area contributed by atoms with E-state index in [9.17, 15) is 14.4 Å². The summed E-state index contributed by atoms with van der Waals surface area (Å²) in [5.41, 5.74) is 0.935. The fourth-order valence-corrected chi connectivity index (χ4v) is 2.63. The molecule has 2 aromatic rings. The van der Waals surface area contributed by atoms with Gasteiger partial charge in [-0.15, -0.1) is 0 Å². The van der Waals surface area contributed by atoms with Gasteiger partial charge in [-0.05, 0) is 31.9 Å². The molecule has 0 radical (unpaired) electrons. The summed E-state index contributed by atoms with van der Waals surface area (Å²) in [6, 6.07) is 6.23. The molecule has 0 spiro atoms. The maximum Gasteiger partial charge on any atom is 0.374 e. The third-order valence-electron chi connectivity index (χ3n) is 3.87. The standard InChI is InChI=1S/C17H17NO5/c1-11-4-5-14-12(8-11)13(19)9-15(23-14)17(21)22-10-16(20)18-6-2-3-7-18/h4-5,8-9H,2-3,6-7,10H2,1H3. The molecule has 6 heteroatoms. The van der Waals surface area contributed by atoms with E-state index in [0.29, 0.717) is 24.1 Å². The van der Waals surface area contributed by atoms with E-state index < -0.39 is 5.97 Å². The van der Waals surface area contributed by atoms with Crippen molar-refractivity contribution in [1.29, 1.82) is 0 Å². The molecule has 1 fully saturated rings. The lowest BCUT2D eigenvalue weighted by molar-refractivity contribution is -0.133. The summed E-state index contributed by atoms with van der Waals surface area (Å²) in [6.45, 7) is 2.92. The van der Waals surface area contributed by atoms with Gasteiger partial charge in [0.05, 0.1) is 5.39 Å². The minimum absolute atomic E-state index is 0.194. The van der Waals surface area contributed by atoms with E-state index >= 15 is 0 Å². The van der Waals surface area contributed by atoms with E-state index in [4.69, 9.17) is 9.15 Å². The highest BCUT2D eigenvalue weighted by atomic mass is 16.5. The first-order valence-corrected chi connectivity index (χ1v) is 7.54. The summed E-state index contributed by atoms with van der Waals surface area (Å²) < 4.78 is 10.4. The van der Waals surface area contributed by atoms with Crippen molar-refractivity contribution in [2.75, 3.05) is 19.7 Å². The van der Waals surface area contributed by atoms with Crippen molar-refractivity contribution >= 4 is 22.8 Å². The Hall–Kier alpha value is -2.63. The molecule has 0 N–H and O–H groups in total. The molecule has 1 amide bonds. The molecule has 3 rings (SSSR count). The number of ether oxygens (including phenoxy) is 1. The van der Waals surface area contributed by atoms with E-state index in [1.807, 2.05) is 6.92 Å². The molecule has 1 aliphatic heterocycles. The van der Waals surface area contributed by atoms with Crippen LogP contribution in [0.3, 0.4) is 0 Å². The molecule has 0 unspecified atom stereocenters. The first kappa shape index (κ1) is 15.3. The summed E-state index contributed by atoms with van der Waals surface area (Å²) in [5, 5.41) is 0.412. The Kier molecular flexibility index (Phi) is 4.14. The maximum absolute atomic E-state index is 12.1. The zero-order valence-corrected chi connectivity index (χ0v) is 12.8. The van der Waals surface area contributed by atoms with Crippen LogP contribution in [0.15, 0.2) is 33.5 Å². The lowest BCUT2D eigenvalue weighted by Gasteiger charge is -2.14. The van der Waals surface area contributed by atoms with Crippen molar-refractivity contribution in [3.63, 3.8) is 0 Å². The van der Waals surface area contributed by atoms with Gasteiger partial charge in [0.25, 0.3) is 5.91 Å². The molecule has 0 saturated carbocycles. The molecular formula is C17H17NO5. The number of benzene rings is 1. The van der Waals surface area contributed by atoms with Crippen molar-refractivity contribution < 1.29 is 18.7 Å². The molecule has 1 saturated heterocycles. The smallest absolute Gasteiger partial charge is 0.374 e. The monoisotopic (exact) mass is 315 g/mol. The number of hydrogen-bond donors (Lipinski definition) is 0. The minimum Gasteiger partial charge on any atom is -0.450 e. The molecule has 2 heterocycles. The van der Waals surface area contributed by atoms with Gasteiger partial charge in [0.2, 0.25) is 5.76 Å². The normalized spacial score (nSPS) is 14.2. The van der Waals surface area contributed by atoms with Gasteiger partial charge in [0, 0.05) is 19.2 Å². The van der Waals surface area contributed by atoms with Crippen molar-refractivity contribution in [2.45, 2.75) is 19.8 Å². The molecule has 0 aliphatic carbocycles. The van der Waals surface area contributed by atoms with Gasteiger partial charge in [0.1, 0.15) is 5.58 Å². The highest BCUT2D eigenvalue weighted by Gasteiger charge is 2.21. The van der Waals surface area contributed by atoms with Crippen LogP contribution >= 0.6 is 0 Å². The van der Waals surface area contributed by atoms with Crippen LogP contribution in [0.5, 0.6) is 0 Å². The topological polar surface area (TPSA) is 76.8 Å². The number of carbonyl (C=O) groups is 2. The molecule has 1 aliphatic rings. The predicted octanol–water partition coefficient (Wildman–Crippen LogP) is 1.88. The Morgan fingerprint density at radius 1 is 1.22 bits per heavy atom. The number of esters is 1. The highest BCUT2D eigenvalue weighted by Crippen LogP contribution is 2.15. The fourth-order valence-electron chi connectivity index (χ4n) is 2.63. The molecule has 1 aromatic heterocycles. The second kappa shape index (κ2) is 6.24. The fraction of sp³-hybridized carbons (Fsp3) is 0.353. The van der Waals surface area contributed by atoms with E-state index in [-0.39, 0.29) is 23.7 Å². The molecule has 1 aromatic carbocycles. The van der Waals surface area contributed by atoms with Crippen molar-refractivity contribution in [3.05, 3.63) is 45.8 Å². The zero-order chi connectivity index (χ0) is 16.4. The van der Waals surface area contributed by atoms with Gasteiger partial charge in [-0.3, -0.25) is 9.59 Å². The van der Waals surface area contributed by atoms with Gasteiger partial charge in [-0.25, -0.2) is 4.79 Å². The first-order valence-electron chi connectivity index (χ1n) is 7.54. The van der Waals surface area contributed by atoms with Crippen LogP contribution in [0.25, 0.3) is 11.0 Å². The van der Waals surface area contributed by atoms with Crippen LogP contribution in [0.2, 0.25) is 0 Å². The van der Waals surface area contributed by atoms with Crippen molar-refractivity contribution in [1.82, 2.24) is 4.90 Å². The Balaban J connectivity index is 1.74. The van der Waals surface area contributed by atoms with Crippen LogP contribution in [0, 0.1) is 6.92 Å². The maximum atomic E-state index is 12.1. The summed E-state index contributed by atoms with van der Waals surface area (Å²) in [6.07, 6.45) is 1.94. The zero-order valence-electron chi connectivity index (χ0n) is 12.8. The number of rotatable bonds is 3. The number of fused-ring (bicyclic) bond motifs is 1. The van der Waals surface area contributed by atoms with E-state index in [0.717, 1.165) is 24.5 Å². The van der Waals surface area contributed by atoms with Crippen LogP contribution in [-0.4, -0.2) is 36.5 Å². The van der Waals surface area contributed by atoms with E-state index in [2.05, 4.69) is 0 Å². The average molecular weight is 315 g/mol. The second-order valence-electron chi connectivity index (χ2n) is 5.64. The van der Waals surface area contributed by atoms with Gasteiger partial charge in [-0.2, -0.15) is 0 Å². The number of nitrogens with zero attached hydrogens (tertiary/aromatic N) is 1. The lowest BCUT2D eigenvalue weighted by atomic mass is 10.1. The summed E-state index contributed by atoms with van der Waals surface area (Å²) in [7, 11) is 0. The SMILES string of the molecule is Cc1ccc2oc(C(=O)OCC(=O)N3CCCC3)cc(=O)c2c1. The molecule has 6 nitrogen and oxygen atoms in total. The highest BCUT2D eigenvalue weighted by molar-refractivity contribution is 5.90. The molecular weight excluding hydrogens is 298 g/mol. The van der Waals surface area contributed by atoms with E-state index in [1.165, 1.54) is 0 Å². The Labute approximate surface area is 132 Å². The van der Waals surface area contributed by atoms with Crippen molar-refractivity contribution in [2.24, 2.45) is 0 Å². The third-order valence-corrected chi connectivity index (χ3v) is 3.87. The van der Waals surface area contributed by atoms with Crippen LogP contribution in [0.4, 0.5) is 0 Å². The number of carbonyl (C=O) groups excluding carboxylic acids is 2. The lowest BCUT2D eigenvalue weighted by Crippen LogP contribution is -2.32. The predicted molar refractivity (Wildman–Crippen MR) is 83.3 cm³/mol. The molecule has 0 atom stereocenters. The Bertz CT molecular complexity index is 817. The van der Waals surface area contributed by atoms with Gasteiger partial charge in [-0.1, -0.05) is 11.6 Å². The Morgan fingerprint density at radius 3 is 2.70 bits per heavy atom. The number of hydrogen-bond acceptors (Lipinski definition) is 5. The summed E-state index contributed by atoms with van der Waals surface area (Å²) in [4.78, 5) is 37.6. The largest absolute Gasteiger partial charge is 0.450 e. The van der Waals surface area contributed by atoms with E-state index in [1.54, 1.807) is 23.1 Å². The quantitative estimate of drug-likeness (QED) is 0.808. The van der Waals surface area contributed by atoms with Crippen LogP contribution in [0.1, 0.15) is 29.0 Å². The first-order chi connectivity index (χ1) is 11.0.